The molecule has 13 heavy (non-hydrogen) atoms. The highest BCUT2D eigenvalue weighted by atomic mass is 16.2. The number of hydrazine groups is 1. The summed E-state index contributed by atoms with van der Waals surface area (Å²) in [7, 11) is 0. The van der Waals surface area contributed by atoms with Crippen LogP contribution in [0.1, 0.15) is 28.4 Å². The SMILES string of the molecule is CCc1ccc(C(=O)NN)cc1C. The predicted molar refractivity (Wildman–Crippen MR) is 52.2 cm³/mol. The van der Waals surface area contributed by atoms with Crippen molar-refractivity contribution < 1.29 is 4.79 Å². The van der Waals surface area contributed by atoms with E-state index in [1.54, 1.807) is 6.07 Å². The molecule has 1 amide bonds. The molecule has 3 N–H and O–H groups in total. The van der Waals surface area contributed by atoms with E-state index in [4.69, 9.17) is 5.84 Å². The molecule has 70 valence electrons. The van der Waals surface area contributed by atoms with Gasteiger partial charge in [-0.15, -0.1) is 0 Å². The number of nitrogens with one attached hydrogen (secondary N) is 1. The van der Waals surface area contributed by atoms with Crippen LogP contribution in [0.2, 0.25) is 0 Å². The number of benzene rings is 1. The van der Waals surface area contributed by atoms with Gasteiger partial charge in [0.2, 0.25) is 0 Å². The minimum absolute atomic E-state index is 0.245. The van der Waals surface area contributed by atoms with E-state index < -0.39 is 0 Å². The molecule has 1 rings (SSSR count). The first-order valence-corrected chi connectivity index (χ1v) is 4.29. The van der Waals surface area contributed by atoms with Gasteiger partial charge in [-0.2, -0.15) is 0 Å². The first-order chi connectivity index (χ1) is 6.19. The summed E-state index contributed by atoms with van der Waals surface area (Å²) in [5.74, 6) is 4.78. The lowest BCUT2D eigenvalue weighted by atomic mass is 10.0. The second kappa shape index (κ2) is 4.05. The Hall–Kier alpha value is -1.35. The fourth-order valence-corrected chi connectivity index (χ4v) is 1.32. The van der Waals surface area contributed by atoms with Gasteiger partial charge in [0, 0.05) is 5.56 Å². The number of carbonyl (C=O) groups is 1. The molecule has 0 saturated carbocycles. The molecular formula is C10H14N2O. The van der Waals surface area contributed by atoms with Crippen molar-refractivity contribution >= 4 is 5.91 Å². The Bertz CT molecular complexity index is 321. The molecule has 1 aromatic carbocycles. The van der Waals surface area contributed by atoms with Crippen molar-refractivity contribution in [1.82, 2.24) is 5.43 Å². The Morgan fingerprint density at radius 3 is 2.69 bits per heavy atom. The van der Waals surface area contributed by atoms with Crippen LogP contribution >= 0.6 is 0 Å². The summed E-state index contributed by atoms with van der Waals surface area (Å²) in [6.07, 6.45) is 0.982. The zero-order chi connectivity index (χ0) is 9.84. The number of hydrogen-bond donors (Lipinski definition) is 2. The lowest BCUT2D eigenvalue weighted by Crippen LogP contribution is -2.30. The van der Waals surface area contributed by atoms with Crippen LogP contribution in [-0.2, 0) is 6.42 Å². The Morgan fingerprint density at radius 1 is 1.54 bits per heavy atom. The highest BCUT2D eigenvalue weighted by Gasteiger charge is 2.04. The lowest BCUT2D eigenvalue weighted by molar-refractivity contribution is 0.0953. The van der Waals surface area contributed by atoms with Gasteiger partial charge in [0.25, 0.3) is 5.91 Å². The highest BCUT2D eigenvalue weighted by Crippen LogP contribution is 2.11. The topological polar surface area (TPSA) is 55.1 Å². The monoisotopic (exact) mass is 178 g/mol. The van der Waals surface area contributed by atoms with Crippen molar-refractivity contribution in [2.75, 3.05) is 0 Å². The molecule has 0 aliphatic carbocycles. The molecule has 0 aromatic heterocycles. The number of nitrogen functional groups attached to an aromatic ring is 1. The van der Waals surface area contributed by atoms with Crippen molar-refractivity contribution in [2.45, 2.75) is 20.3 Å². The van der Waals surface area contributed by atoms with Crippen LogP contribution in [0.25, 0.3) is 0 Å². The van der Waals surface area contributed by atoms with Crippen molar-refractivity contribution in [3.05, 3.63) is 34.9 Å². The van der Waals surface area contributed by atoms with E-state index in [0.29, 0.717) is 5.56 Å². The fraction of sp³-hybridized carbons (Fsp3) is 0.300. The van der Waals surface area contributed by atoms with Crippen LogP contribution in [0.3, 0.4) is 0 Å². The summed E-state index contributed by atoms with van der Waals surface area (Å²) in [5.41, 5.74) is 5.10. The summed E-state index contributed by atoms with van der Waals surface area (Å²) in [6, 6.07) is 5.59. The maximum Gasteiger partial charge on any atom is 0.265 e. The molecule has 0 aliphatic heterocycles. The molecule has 1 aromatic rings. The third-order valence-electron chi connectivity index (χ3n) is 2.12. The van der Waals surface area contributed by atoms with Gasteiger partial charge >= 0.3 is 0 Å². The molecule has 0 bridgehead atoms. The van der Waals surface area contributed by atoms with Gasteiger partial charge in [-0.25, -0.2) is 5.84 Å². The van der Waals surface area contributed by atoms with E-state index in [0.717, 1.165) is 12.0 Å². The number of carbonyl (C=O) groups excluding carboxylic acids is 1. The number of aryl methyl sites for hydroxylation is 2. The van der Waals surface area contributed by atoms with Crippen LogP contribution in [0.4, 0.5) is 0 Å². The van der Waals surface area contributed by atoms with E-state index in [-0.39, 0.29) is 5.91 Å². The van der Waals surface area contributed by atoms with Crippen LogP contribution in [0.15, 0.2) is 18.2 Å². The van der Waals surface area contributed by atoms with Gasteiger partial charge in [-0.05, 0) is 36.6 Å². The predicted octanol–water partition coefficient (Wildman–Crippen LogP) is 1.16. The maximum atomic E-state index is 11.1. The Morgan fingerprint density at radius 2 is 2.23 bits per heavy atom. The molecule has 0 atom stereocenters. The third-order valence-corrected chi connectivity index (χ3v) is 2.12. The molecule has 0 aliphatic rings. The molecule has 3 nitrogen and oxygen atoms in total. The van der Waals surface area contributed by atoms with Crippen molar-refractivity contribution in [3.8, 4) is 0 Å². The smallest absolute Gasteiger partial charge is 0.265 e. The van der Waals surface area contributed by atoms with E-state index in [9.17, 15) is 4.79 Å². The summed E-state index contributed by atoms with van der Waals surface area (Å²) < 4.78 is 0. The first-order valence-electron chi connectivity index (χ1n) is 4.29. The fourth-order valence-electron chi connectivity index (χ4n) is 1.32. The standard InChI is InChI=1S/C10H14N2O/c1-3-8-4-5-9(6-7(8)2)10(13)12-11/h4-6H,3,11H2,1-2H3,(H,12,13). The van der Waals surface area contributed by atoms with Gasteiger partial charge in [0.05, 0.1) is 0 Å². The van der Waals surface area contributed by atoms with E-state index >= 15 is 0 Å². The molecule has 0 heterocycles. The van der Waals surface area contributed by atoms with Gasteiger partial charge in [0.1, 0.15) is 0 Å². The molecule has 0 unspecified atom stereocenters. The quantitative estimate of drug-likeness (QED) is 0.405. The average molecular weight is 178 g/mol. The van der Waals surface area contributed by atoms with Crippen molar-refractivity contribution in [3.63, 3.8) is 0 Å². The minimum atomic E-state index is -0.245. The zero-order valence-electron chi connectivity index (χ0n) is 7.92. The van der Waals surface area contributed by atoms with Gasteiger partial charge in [0.15, 0.2) is 0 Å². The number of hydrogen-bond acceptors (Lipinski definition) is 2. The van der Waals surface area contributed by atoms with Crippen LogP contribution in [-0.4, -0.2) is 5.91 Å². The van der Waals surface area contributed by atoms with E-state index in [1.807, 2.05) is 19.1 Å². The van der Waals surface area contributed by atoms with Crippen molar-refractivity contribution in [1.29, 1.82) is 0 Å². The normalized spacial score (nSPS) is 9.77. The summed E-state index contributed by atoms with van der Waals surface area (Å²) in [5, 5.41) is 0. The number of amides is 1. The summed E-state index contributed by atoms with van der Waals surface area (Å²) >= 11 is 0. The lowest BCUT2D eigenvalue weighted by Gasteiger charge is -2.05. The Labute approximate surface area is 77.9 Å². The summed E-state index contributed by atoms with van der Waals surface area (Å²) in [4.78, 5) is 11.1. The molecular weight excluding hydrogens is 164 g/mol. The maximum absolute atomic E-state index is 11.1. The van der Waals surface area contributed by atoms with Crippen LogP contribution in [0, 0.1) is 6.92 Å². The Balaban J connectivity index is 3.02. The average Bonchev–Trinajstić information content (AvgIpc) is 2.16. The van der Waals surface area contributed by atoms with Crippen LogP contribution in [0.5, 0.6) is 0 Å². The molecule has 3 heteroatoms. The minimum Gasteiger partial charge on any atom is -0.290 e. The molecule has 0 radical (unpaired) electrons. The Kier molecular flexibility index (Phi) is 3.03. The molecule has 0 saturated heterocycles. The van der Waals surface area contributed by atoms with Crippen LogP contribution < -0.4 is 11.3 Å². The van der Waals surface area contributed by atoms with E-state index in [1.165, 1.54) is 5.56 Å². The number of nitrogens with two attached hydrogens (primary N) is 1. The molecule has 0 fully saturated rings. The highest BCUT2D eigenvalue weighted by molar-refractivity contribution is 5.93. The zero-order valence-corrected chi connectivity index (χ0v) is 7.92. The van der Waals surface area contributed by atoms with E-state index in [2.05, 4.69) is 12.3 Å². The van der Waals surface area contributed by atoms with Gasteiger partial charge in [-0.3, -0.25) is 10.2 Å². The number of rotatable bonds is 2. The largest absolute Gasteiger partial charge is 0.290 e. The summed E-state index contributed by atoms with van der Waals surface area (Å²) in [6.45, 7) is 4.08. The van der Waals surface area contributed by atoms with Gasteiger partial charge in [-0.1, -0.05) is 13.0 Å². The first kappa shape index (κ1) is 9.74. The third kappa shape index (κ3) is 2.06. The van der Waals surface area contributed by atoms with Gasteiger partial charge < -0.3 is 0 Å². The van der Waals surface area contributed by atoms with Crippen molar-refractivity contribution in [2.24, 2.45) is 5.84 Å². The molecule has 0 spiro atoms. The second-order valence-electron chi connectivity index (χ2n) is 2.97. The second-order valence-corrected chi connectivity index (χ2v) is 2.97.